The van der Waals surface area contributed by atoms with Crippen molar-refractivity contribution in [2.24, 2.45) is 0 Å². The number of esters is 3. The van der Waals surface area contributed by atoms with Crippen molar-refractivity contribution < 1.29 is 75.8 Å². The Balaban J connectivity index is 4.50. The van der Waals surface area contributed by atoms with Gasteiger partial charge < -0.3 is 34.2 Å². The SMILES string of the molecule is CC/C=C\C/C=C\C/C=C\C/C=C\C/C=C\CCCCCCCCCCCCCCCCCCCCCC(=O)OCC(O)COP(=O)(O)OCC(O)COP(=O)(O)OCC(COC(=O)CCCCCCCCCCCCCCC/C=C\C/C=C\C/C=C\C/C=C\C/C=C\CC)OC(=O)CCCCCCCC/C=C\C/C=C\C/C=C\CCCCC. The highest BCUT2D eigenvalue weighted by Crippen LogP contribution is 2.45. The Morgan fingerprint density at radius 2 is 0.445 bits per heavy atom. The highest BCUT2D eigenvalue weighted by Gasteiger charge is 2.30. The average Bonchev–Trinajstić information content (AvgIpc) is 0.924. The number of phosphoric acid groups is 2. The summed E-state index contributed by atoms with van der Waals surface area (Å²) >= 11 is 0. The Morgan fingerprint density at radius 3 is 0.706 bits per heavy atom. The standard InChI is InChI=1S/C101H174O16P2/c1-4-7-10-13-16-19-22-25-28-31-34-36-38-40-42-44-45-46-47-48-49-51-53-54-56-58-61-63-66-69-72-75-78-81-84-87-99(104)111-90-96(102)91-113-118(107,108)114-92-97(103)93-115-119(109,110)116-95-98(117-101(106)89-86-83-80-77-74-71-68-65-60-33-30-27-24-21-18-15-12-9-6-3)94-112-100(105)88-85-82-79-76-73-70-67-64-62-59-57-55-52-50-43-41-39-37-35-32-29-26-23-20-17-14-11-8-5-2/h7-8,10-11,16-21,25-30,34-37,40-43,60,65,96-98,102-103H,4-6,9,12-15,22-24,31-33,38-39,44-59,61-64,66-95H2,1-3H3,(H,107,108)(H,109,110)/b10-7-,11-8-,19-16-,20-17-,21-18-,28-25-,29-26-,30-27-,36-34-,37-35-,42-40-,43-41-,65-60-. The number of carbonyl (C=O) groups excluding carboxylic acids is 3. The first kappa shape index (κ1) is 114. The number of unbranched alkanes of at least 4 members (excludes halogenated alkanes) is 41. The Hall–Kier alpha value is -4.83. The number of rotatable bonds is 90. The normalized spacial score (nSPS) is 14.4. The van der Waals surface area contributed by atoms with Gasteiger partial charge in [0.25, 0.3) is 0 Å². The van der Waals surface area contributed by atoms with Crippen LogP contribution in [0.15, 0.2) is 158 Å². The van der Waals surface area contributed by atoms with Gasteiger partial charge in [-0.15, -0.1) is 0 Å². The Bertz CT molecular complexity index is 2790. The molecule has 16 nitrogen and oxygen atoms in total. The summed E-state index contributed by atoms with van der Waals surface area (Å²) in [4.78, 5) is 59.0. The molecule has 0 saturated heterocycles. The van der Waals surface area contributed by atoms with Crippen LogP contribution in [0.1, 0.15) is 406 Å². The molecule has 5 unspecified atom stereocenters. The van der Waals surface area contributed by atoms with Gasteiger partial charge in [0.2, 0.25) is 0 Å². The third kappa shape index (κ3) is 93.7. The van der Waals surface area contributed by atoms with E-state index in [1.54, 1.807) is 0 Å². The Morgan fingerprint density at radius 1 is 0.244 bits per heavy atom. The van der Waals surface area contributed by atoms with Gasteiger partial charge in [0.1, 0.15) is 25.4 Å². The fourth-order valence-corrected chi connectivity index (χ4v) is 14.6. The zero-order valence-corrected chi connectivity index (χ0v) is 77.3. The number of allylic oxidation sites excluding steroid dienone is 26. The highest BCUT2D eigenvalue weighted by molar-refractivity contribution is 7.47. The molecule has 18 heteroatoms. The van der Waals surface area contributed by atoms with Crippen molar-refractivity contribution in [2.75, 3.05) is 39.6 Å². The molecule has 0 aromatic heterocycles. The van der Waals surface area contributed by atoms with E-state index in [1.165, 1.54) is 173 Å². The molecule has 0 fully saturated rings. The van der Waals surface area contributed by atoms with Crippen molar-refractivity contribution in [3.05, 3.63) is 158 Å². The first-order valence-corrected chi connectivity index (χ1v) is 50.8. The van der Waals surface area contributed by atoms with E-state index in [4.69, 9.17) is 32.3 Å². The van der Waals surface area contributed by atoms with Crippen LogP contribution in [0.2, 0.25) is 0 Å². The minimum absolute atomic E-state index is 0.0880. The number of ether oxygens (including phenoxy) is 3. The maximum absolute atomic E-state index is 13.1. The first-order valence-electron chi connectivity index (χ1n) is 47.8. The summed E-state index contributed by atoms with van der Waals surface area (Å²) in [6.07, 6.45) is 119. The van der Waals surface area contributed by atoms with E-state index < -0.39 is 91.5 Å². The van der Waals surface area contributed by atoms with E-state index in [0.717, 1.165) is 173 Å². The number of hydrogen-bond donors (Lipinski definition) is 4. The molecule has 0 aliphatic heterocycles. The molecule has 0 spiro atoms. The van der Waals surface area contributed by atoms with E-state index >= 15 is 0 Å². The second-order valence-electron chi connectivity index (χ2n) is 31.8. The Labute approximate surface area is 727 Å². The highest BCUT2D eigenvalue weighted by atomic mass is 31.2. The summed E-state index contributed by atoms with van der Waals surface area (Å²) in [5.41, 5.74) is 0. The monoisotopic (exact) mass is 1710 g/mol. The molecule has 0 aromatic carbocycles. The molecular formula is C101H174O16P2. The maximum atomic E-state index is 13.1. The number of carbonyl (C=O) groups is 3. The van der Waals surface area contributed by atoms with Crippen LogP contribution in [0.5, 0.6) is 0 Å². The van der Waals surface area contributed by atoms with Gasteiger partial charge in [-0.2, -0.15) is 0 Å². The van der Waals surface area contributed by atoms with Gasteiger partial charge in [0.15, 0.2) is 6.10 Å². The number of phosphoric ester groups is 2. The summed E-state index contributed by atoms with van der Waals surface area (Å²) in [5.74, 6) is -1.58. The third-order valence-corrected chi connectivity index (χ3v) is 22.1. The second kappa shape index (κ2) is 92.4. The van der Waals surface area contributed by atoms with Crippen LogP contribution in [0.4, 0.5) is 0 Å². The van der Waals surface area contributed by atoms with Crippen molar-refractivity contribution >= 4 is 33.6 Å². The van der Waals surface area contributed by atoms with E-state index in [9.17, 15) is 43.5 Å². The fraction of sp³-hybridized carbons (Fsp3) is 0.713. The Kier molecular flexibility index (Phi) is 88.6. The molecule has 0 rings (SSSR count). The lowest BCUT2D eigenvalue weighted by Crippen LogP contribution is -2.30. The molecule has 0 bridgehead atoms. The first-order chi connectivity index (χ1) is 58.2. The van der Waals surface area contributed by atoms with Crippen LogP contribution in [-0.2, 0) is 55.8 Å². The predicted molar refractivity (Wildman–Crippen MR) is 500 cm³/mol. The van der Waals surface area contributed by atoms with Crippen LogP contribution in [0.3, 0.4) is 0 Å². The second-order valence-corrected chi connectivity index (χ2v) is 34.7. The van der Waals surface area contributed by atoms with Crippen molar-refractivity contribution in [2.45, 2.75) is 424 Å². The van der Waals surface area contributed by atoms with Gasteiger partial charge in [-0.25, -0.2) is 9.13 Å². The predicted octanol–water partition coefficient (Wildman–Crippen LogP) is 29.7. The van der Waals surface area contributed by atoms with Gasteiger partial charge in [-0.05, 0) is 148 Å². The number of aliphatic hydroxyl groups excluding tert-OH is 2. The minimum atomic E-state index is -4.95. The molecule has 684 valence electrons. The number of aliphatic hydroxyl groups is 2. The molecule has 0 amide bonds. The lowest BCUT2D eigenvalue weighted by Gasteiger charge is -2.21. The van der Waals surface area contributed by atoms with Gasteiger partial charge in [0.05, 0.1) is 26.4 Å². The fourth-order valence-electron chi connectivity index (χ4n) is 13.0. The molecule has 0 saturated carbocycles. The number of hydrogen-bond acceptors (Lipinski definition) is 14. The van der Waals surface area contributed by atoms with Gasteiger partial charge in [-0.3, -0.25) is 32.5 Å². The van der Waals surface area contributed by atoms with Gasteiger partial charge >= 0.3 is 33.6 Å². The largest absolute Gasteiger partial charge is 0.472 e. The van der Waals surface area contributed by atoms with E-state index in [0.29, 0.717) is 19.3 Å². The summed E-state index contributed by atoms with van der Waals surface area (Å²) in [6, 6.07) is 0. The van der Waals surface area contributed by atoms with Crippen molar-refractivity contribution in [3.63, 3.8) is 0 Å². The van der Waals surface area contributed by atoms with E-state index in [2.05, 4.69) is 179 Å². The van der Waals surface area contributed by atoms with Gasteiger partial charge in [0, 0.05) is 19.3 Å². The molecular weight excluding hydrogens is 1530 g/mol. The summed E-state index contributed by atoms with van der Waals surface area (Å²) < 4.78 is 61.5. The molecule has 0 heterocycles. The molecule has 0 radical (unpaired) electrons. The van der Waals surface area contributed by atoms with Crippen LogP contribution < -0.4 is 0 Å². The third-order valence-electron chi connectivity index (χ3n) is 20.2. The molecule has 0 aromatic rings. The van der Waals surface area contributed by atoms with E-state index in [1.807, 2.05) is 0 Å². The molecule has 4 N–H and O–H groups in total. The lowest BCUT2D eigenvalue weighted by molar-refractivity contribution is -0.161. The van der Waals surface area contributed by atoms with Crippen LogP contribution >= 0.6 is 15.6 Å². The smallest absolute Gasteiger partial charge is 0.463 e. The maximum Gasteiger partial charge on any atom is 0.472 e. The van der Waals surface area contributed by atoms with Gasteiger partial charge in [-0.1, -0.05) is 397 Å². The summed E-state index contributed by atoms with van der Waals surface area (Å²) in [5, 5.41) is 20.7. The molecule has 0 aliphatic carbocycles. The van der Waals surface area contributed by atoms with Crippen molar-refractivity contribution in [3.8, 4) is 0 Å². The zero-order chi connectivity index (χ0) is 86.5. The molecule has 0 aliphatic rings. The quantitative estimate of drug-likeness (QED) is 0.0146. The molecule has 5 atom stereocenters. The topological polar surface area (TPSA) is 231 Å². The summed E-state index contributed by atoms with van der Waals surface area (Å²) in [6.45, 7) is 2.47. The lowest BCUT2D eigenvalue weighted by atomic mass is 10.0. The van der Waals surface area contributed by atoms with E-state index in [-0.39, 0.29) is 19.3 Å². The van der Waals surface area contributed by atoms with Crippen LogP contribution in [0.25, 0.3) is 0 Å². The zero-order valence-electron chi connectivity index (χ0n) is 75.5. The van der Waals surface area contributed by atoms with Crippen LogP contribution in [-0.4, -0.2) is 95.9 Å². The van der Waals surface area contributed by atoms with Crippen LogP contribution in [0, 0.1) is 0 Å². The molecule has 119 heavy (non-hydrogen) atoms. The average molecular weight is 1710 g/mol. The van der Waals surface area contributed by atoms with Crippen molar-refractivity contribution in [1.82, 2.24) is 0 Å². The summed E-state index contributed by atoms with van der Waals surface area (Å²) in [7, 11) is -9.81. The van der Waals surface area contributed by atoms with Crippen molar-refractivity contribution in [1.29, 1.82) is 0 Å². The minimum Gasteiger partial charge on any atom is -0.463 e.